The van der Waals surface area contributed by atoms with Gasteiger partial charge in [0.25, 0.3) is 0 Å². The van der Waals surface area contributed by atoms with Crippen molar-refractivity contribution in [2.45, 2.75) is 50.4 Å². The third kappa shape index (κ3) is 10.6. The van der Waals surface area contributed by atoms with Crippen molar-refractivity contribution in [3.63, 3.8) is 0 Å². The zero-order valence-corrected chi connectivity index (χ0v) is 17.5. The fourth-order valence-electron chi connectivity index (χ4n) is 2.12. The van der Waals surface area contributed by atoms with Crippen LogP contribution in [0.4, 0.5) is 0 Å². The normalized spacial score (nSPS) is 14.5. The van der Waals surface area contributed by atoms with Gasteiger partial charge < -0.3 is 38.3 Å². The monoisotopic (exact) mass is 448 g/mol. The van der Waals surface area contributed by atoms with Gasteiger partial charge in [-0.3, -0.25) is 28.8 Å². The van der Waals surface area contributed by atoms with Crippen LogP contribution in [0.1, 0.15) is 26.2 Å². The summed E-state index contributed by atoms with van der Waals surface area (Å²) in [6.07, 6.45) is 0.901. The number of carbonyl (C=O) groups excluding carboxylic acids is 5. The smallest absolute Gasteiger partial charge is 0.325 e. The first-order valence-electron chi connectivity index (χ1n) is 8.84. The maximum Gasteiger partial charge on any atom is 0.325 e. The van der Waals surface area contributed by atoms with Gasteiger partial charge in [-0.2, -0.15) is 11.8 Å². The fraction of sp³-hybridized carbons (Fsp3) is 0.625. The Kier molecular flexibility index (Phi) is 12.1. The third-order valence-corrected chi connectivity index (χ3v) is 4.42. The Morgan fingerprint density at radius 1 is 0.867 bits per heavy atom. The molecule has 0 saturated carbocycles. The van der Waals surface area contributed by atoms with Crippen molar-refractivity contribution in [2.75, 3.05) is 12.0 Å². The Morgan fingerprint density at radius 3 is 1.70 bits per heavy atom. The summed E-state index contributed by atoms with van der Waals surface area (Å²) in [6, 6.07) is -5.24. The number of aliphatic carboxylic acids is 1. The summed E-state index contributed by atoms with van der Waals surface area (Å²) < 4.78 is 0. The average molecular weight is 449 g/mol. The van der Waals surface area contributed by atoms with E-state index in [1.165, 1.54) is 18.7 Å². The number of carboxylic acid groups (broad SMARTS) is 1. The fourth-order valence-corrected chi connectivity index (χ4v) is 2.61. The summed E-state index contributed by atoms with van der Waals surface area (Å²) in [7, 11) is 0. The number of nitrogens with two attached hydrogens (primary N) is 3. The molecular weight excluding hydrogens is 420 g/mol. The second-order valence-electron chi connectivity index (χ2n) is 6.42. The first-order valence-corrected chi connectivity index (χ1v) is 10.2. The van der Waals surface area contributed by atoms with Crippen LogP contribution in [0.5, 0.6) is 0 Å². The van der Waals surface area contributed by atoms with Crippen LogP contribution in [-0.4, -0.2) is 76.8 Å². The molecule has 10 N–H and O–H groups in total. The summed E-state index contributed by atoms with van der Waals surface area (Å²) in [5.74, 6) is -5.31. The predicted octanol–water partition coefficient (Wildman–Crippen LogP) is -3.62. The van der Waals surface area contributed by atoms with Crippen molar-refractivity contribution >= 4 is 47.3 Å². The van der Waals surface area contributed by atoms with Crippen molar-refractivity contribution in [1.82, 2.24) is 16.0 Å². The van der Waals surface area contributed by atoms with Crippen molar-refractivity contribution < 1.29 is 33.9 Å². The van der Waals surface area contributed by atoms with Crippen LogP contribution in [0, 0.1) is 0 Å². The van der Waals surface area contributed by atoms with E-state index >= 15 is 0 Å². The Labute approximate surface area is 177 Å². The molecule has 0 spiro atoms. The summed E-state index contributed by atoms with van der Waals surface area (Å²) in [5.41, 5.74) is 15.9. The molecule has 170 valence electrons. The van der Waals surface area contributed by atoms with Gasteiger partial charge in [0.05, 0.1) is 18.9 Å². The predicted molar refractivity (Wildman–Crippen MR) is 108 cm³/mol. The summed E-state index contributed by atoms with van der Waals surface area (Å²) in [4.78, 5) is 70.4. The van der Waals surface area contributed by atoms with E-state index in [1.807, 2.05) is 6.26 Å². The number of thioether (sulfide) groups is 1. The van der Waals surface area contributed by atoms with Gasteiger partial charge in [-0.25, -0.2) is 0 Å². The van der Waals surface area contributed by atoms with Crippen LogP contribution in [0.25, 0.3) is 0 Å². The third-order valence-electron chi connectivity index (χ3n) is 3.78. The van der Waals surface area contributed by atoms with Crippen LogP contribution in [-0.2, 0) is 28.8 Å². The standard InChI is InChI=1S/C16H28N6O7S/c1-7(16(28)29)20-14(26)9(5-11(18)23)22-15(27)10(6-12(19)24)21-13(25)8(17)3-4-30-2/h7-10H,3-6,17H2,1-2H3,(H2,18,23)(H2,19,24)(H,20,26)(H,21,25)(H,22,27)(H,28,29). The summed E-state index contributed by atoms with van der Waals surface area (Å²) in [5, 5.41) is 15.4. The maximum atomic E-state index is 12.5. The minimum atomic E-state index is -1.53. The number of hydrogen-bond donors (Lipinski definition) is 7. The molecule has 4 atom stereocenters. The highest BCUT2D eigenvalue weighted by molar-refractivity contribution is 7.98. The first-order chi connectivity index (χ1) is 13.9. The van der Waals surface area contributed by atoms with Crippen molar-refractivity contribution in [3.05, 3.63) is 0 Å². The first kappa shape index (κ1) is 27.1. The zero-order chi connectivity index (χ0) is 23.4. The van der Waals surface area contributed by atoms with Gasteiger partial charge in [0.1, 0.15) is 18.1 Å². The van der Waals surface area contributed by atoms with Crippen LogP contribution >= 0.6 is 11.8 Å². The lowest BCUT2D eigenvalue weighted by Gasteiger charge is -2.23. The summed E-state index contributed by atoms with van der Waals surface area (Å²) >= 11 is 1.46. The number of carboxylic acids is 1. The number of rotatable bonds is 14. The molecule has 14 heteroatoms. The lowest BCUT2D eigenvalue weighted by Crippen LogP contribution is -2.58. The number of hydrogen-bond acceptors (Lipinski definition) is 8. The second-order valence-corrected chi connectivity index (χ2v) is 7.41. The highest BCUT2D eigenvalue weighted by Gasteiger charge is 2.31. The molecule has 0 aromatic heterocycles. The molecule has 0 saturated heterocycles. The number of carbonyl (C=O) groups is 6. The molecular formula is C16H28N6O7S. The molecule has 0 aliphatic rings. The van der Waals surface area contributed by atoms with E-state index in [9.17, 15) is 28.8 Å². The molecule has 13 nitrogen and oxygen atoms in total. The van der Waals surface area contributed by atoms with Gasteiger partial charge in [0.2, 0.25) is 29.5 Å². The zero-order valence-electron chi connectivity index (χ0n) is 16.7. The Hall–Kier alpha value is -2.87. The van der Waals surface area contributed by atoms with E-state index in [0.717, 1.165) is 0 Å². The number of amides is 5. The molecule has 0 heterocycles. The number of primary amides is 2. The van der Waals surface area contributed by atoms with Gasteiger partial charge in [-0.15, -0.1) is 0 Å². The van der Waals surface area contributed by atoms with E-state index < -0.39 is 72.5 Å². The molecule has 0 aliphatic heterocycles. The molecule has 30 heavy (non-hydrogen) atoms. The molecule has 0 bridgehead atoms. The van der Waals surface area contributed by atoms with Gasteiger partial charge in [0.15, 0.2) is 0 Å². The Morgan fingerprint density at radius 2 is 1.30 bits per heavy atom. The molecule has 4 unspecified atom stereocenters. The van der Waals surface area contributed by atoms with Crippen LogP contribution in [0.3, 0.4) is 0 Å². The lowest BCUT2D eigenvalue weighted by molar-refractivity contribution is -0.142. The minimum absolute atomic E-state index is 0.317. The van der Waals surface area contributed by atoms with E-state index in [-0.39, 0.29) is 0 Å². The van der Waals surface area contributed by atoms with Gasteiger partial charge >= 0.3 is 5.97 Å². The van der Waals surface area contributed by atoms with E-state index in [4.69, 9.17) is 22.3 Å². The highest BCUT2D eigenvalue weighted by atomic mass is 32.2. The van der Waals surface area contributed by atoms with Gasteiger partial charge in [-0.1, -0.05) is 0 Å². The topological polar surface area (TPSA) is 237 Å². The largest absolute Gasteiger partial charge is 0.480 e. The van der Waals surface area contributed by atoms with E-state index in [2.05, 4.69) is 16.0 Å². The number of nitrogens with one attached hydrogen (secondary N) is 3. The highest BCUT2D eigenvalue weighted by Crippen LogP contribution is 2.02. The lowest BCUT2D eigenvalue weighted by atomic mass is 10.1. The molecule has 0 fully saturated rings. The maximum absolute atomic E-state index is 12.5. The summed E-state index contributed by atoms with van der Waals surface area (Å²) in [6.45, 7) is 1.18. The molecule has 0 radical (unpaired) electrons. The average Bonchev–Trinajstić information content (AvgIpc) is 2.63. The molecule has 0 aliphatic carbocycles. The Bertz CT molecular complexity index is 674. The van der Waals surface area contributed by atoms with Crippen LogP contribution in [0.15, 0.2) is 0 Å². The van der Waals surface area contributed by atoms with E-state index in [0.29, 0.717) is 12.2 Å². The second kappa shape index (κ2) is 13.4. The van der Waals surface area contributed by atoms with Crippen molar-refractivity contribution in [3.8, 4) is 0 Å². The van der Waals surface area contributed by atoms with Crippen LogP contribution < -0.4 is 33.2 Å². The van der Waals surface area contributed by atoms with Gasteiger partial charge in [0, 0.05) is 0 Å². The molecule has 5 amide bonds. The molecule has 0 aromatic carbocycles. The van der Waals surface area contributed by atoms with Crippen molar-refractivity contribution in [2.24, 2.45) is 17.2 Å². The SMILES string of the molecule is CSCCC(N)C(=O)NC(CC(N)=O)C(=O)NC(CC(N)=O)C(=O)NC(C)C(=O)O. The Balaban J connectivity index is 5.34. The van der Waals surface area contributed by atoms with Gasteiger partial charge in [-0.05, 0) is 25.4 Å². The van der Waals surface area contributed by atoms with E-state index in [1.54, 1.807) is 0 Å². The minimum Gasteiger partial charge on any atom is -0.480 e. The molecule has 0 rings (SSSR count). The van der Waals surface area contributed by atoms with Crippen LogP contribution in [0.2, 0.25) is 0 Å². The van der Waals surface area contributed by atoms with Crippen molar-refractivity contribution in [1.29, 1.82) is 0 Å². The quantitative estimate of drug-likeness (QED) is 0.139. The molecule has 0 aromatic rings.